The van der Waals surface area contributed by atoms with Gasteiger partial charge < -0.3 is 14.3 Å². The van der Waals surface area contributed by atoms with Gasteiger partial charge in [-0.05, 0) is 17.7 Å². The second-order valence-corrected chi connectivity index (χ2v) is 6.04. The summed E-state index contributed by atoms with van der Waals surface area (Å²) in [7, 11) is 0. The van der Waals surface area contributed by atoms with E-state index in [0.717, 1.165) is 11.6 Å². The van der Waals surface area contributed by atoms with Crippen LogP contribution in [0.4, 0.5) is 8.78 Å². The molecule has 1 amide bonds. The van der Waals surface area contributed by atoms with Crippen LogP contribution in [0.2, 0.25) is 0 Å². The van der Waals surface area contributed by atoms with Crippen molar-refractivity contribution in [3.63, 3.8) is 0 Å². The molecule has 5 nitrogen and oxygen atoms in total. The predicted molar refractivity (Wildman–Crippen MR) is 95.1 cm³/mol. The van der Waals surface area contributed by atoms with Crippen molar-refractivity contribution < 1.29 is 18.0 Å². The molecular weight excluding hydrogens is 352 g/mol. The third-order valence-corrected chi connectivity index (χ3v) is 4.29. The van der Waals surface area contributed by atoms with Gasteiger partial charge in [-0.3, -0.25) is 9.78 Å². The number of nitrogens with zero attached hydrogens (tertiary/aromatic N) is 2. The second-order valence-electron chi connectivity index (χ2n) is 6.04. The van der Waals surface area contributed by atoms with Crippen molar-refractivity contribution in [2.75, 3.05) is 0 Å². The number of nitrogens with one attached hydrogen (secondary N) is 1. The van der Waals surface area contributed by atoms with Crippen molar-refractivity contribution in [2.24, 2.45) is 0 Å². The zero-order valence-electron chi connectivity index (χ0n) is 14.2. The lowest BCUT2D eigenvalue weighted by Gasteiger charge is -2.11. The van der Waals surface area contributed by atoms with Crippen molar-refractivity contribution in [1.82, 2.24) is 14.9 Å². The molecule has 1 N–H and O–H groups in total. The number of benzene rings is 1. The van der Waals surface area contributed by atoms with E-state index in [1.54, 1.807) is 35.2 Å². The van der Waals surface area contributed by atoms with E-state index in [1.807, 2.05) is 6.07 Å². The van der Waals surface area contributed by atoms with Crippen LogP contribution in [0.3, 0.4) is 0 Å². The Morgan fingerprint density at radius 3 is 2.89 bits per heavy atom. The van der Waals surface area contributed by atoms with Crippen LogP contribution in [0.1, 0.15) is 21.6 Å². The molecule has 7 heteroatoms. The third kappa shape index (κ3) is 3.31. The van der Waals surface area contributed by atoms with Gasteiger partial charge >= 0.3 is 0 Å². The zero-order chi connectivity index (χ0) is 18.8. The van der Waals surface area contributed by atoms with Crippen LogP contribution < -0.4 is 5.32 Å². The molecule has 0 bridgehead atoms. The number of pyridine rings is 1. The first-order chi connectivity index (χ1) is 13.1. The van der Waals surface area contributed by atoms with E-state index in [4.69, 9.17) is 4.42 Å². The van der Waals surface area contributed by atoms with Gasteiger partial charge in [0.1, 0.15) is 5.69 Å². The van der Waals surface area contributed by atoms with E-state index in [0.29, 0.717) is 23.3 Å². The van der Waals surface area contributed by atoms with Crippen LogP contribution in [0.5, 0.6) is 0 Å². The number of furan rings is 1. The first-order valence-corrected chi connectivity index (χ1v) is 8.30. The summed E-state index contributed by atoms with van der Waals surface area (Å²) < 4.78 is 34.6. The molecule has 1 aromatic carbocycles. The van der Waals surface area contributed by atoms with Crippen LogP contribution in [0.25, 0.3) is 11.1 Å². The molecule has 0 spiro atoms. The number of carbonyl (C=O) groups excluding carboxylic acids is 1. The van der Waals surface area contributed by atoms with Crippen LogP contribution in [-0.4, -0.2) is 15.5 Å². The molecule has 136 valence electrons. The lowest BCUT2D eigenvalue weighted by atomic mass is 10.2. The highest BCUT2D eigenvalue weighted by Crippen LogP contribution is 2.24. The highest BCUT2D eigenvalue weighted by atomic mass is 19.2. The van der Waals surface area contributed by atoms with Crippen LogP contribution in [0.15, 0.2) is 65.5 Å². The van der Waals surface area contributed by atoms with E-state index < -0.39 is 11.6 Å². The number of fused-ring (bicyclic) bond motifs is 1. The lowest BCUT2D eigenvalue weighted by molar-refractivity contribution is 0.0942. The highest BCUT2D eigenvalue weighted by molar-refractivity contribution is 5.97. The summed E-state index contributed by atoms with van der Waals surface area (Å²) in [6, 6.07) is 10.9. The molecule has 3 aromatic heterocycles. The Bertz CT molecular complexity index is 1100. The minimum Gasteiger partial charge on any atom is -0.463 e. The fourth-order valence-electron chi connectivity index (χ4n) is 2.95. The standard InChI is InChI=1S/C20H15F2N3O2/c21-15-5-1-4-14(19(15)22)12-25-16-6-8-27-18(16)9-17(25)20(26)24-11-13-3-2-7-23-10-13/h1-10H,11-12H2,(H,24,26). The monoisotopic (exact) mass is 367 g/mol. The first kappa shape index (κ1) is 17.0. The molecule has 0 saturated carbocycles. The Hall–Kier alpha value is -3.48. The summed E-state index contributed by atoms with van der Waals surface area (Å²) >= 11 is 0. The normalized spacial score (nSPS) is 11.0. The molecule has 0 aliphatic heterocycles. The Labute approximate surface area is 153 Å². The van der Waals surface area contributed by atoms with Gasteiger partial charge in [-0.25, -0.2) is 8.78 Å². The molecule has 0 atom stereocenters. The first-order valence-electron chi connectivity index (χ1n) is 8.30. The SMILES string of the molecule is O=C(NCc1cccnc1)c1cc2occc2n1Cc1cccc(F)c1F. The number of hydrogen-bond donors (Lipinski definition) is 1. The smallest absolute Gasteiger partial charge is 0.268 e. The fraction of sp³-hybridized carbons (Fsp3) is 0.100. The molecule has 0 unspecified atom stereocenters. The largest absolute Gasteiger partial charge is 0.463 e. The van der Waals surface area contributed by atoms with Crippen molar-refractivity contribution in [3.05, 3.63) is 89.6 Å². The van der Waals surface area contributed by atoms with E-state index in [-0.39, 0.29) is 18.0 Å². The fourth-order valence-corrected chi connectivity index (χ4v) is 2.95. The van der Waals surface area contributed by atoms with E-state index >= 15 is 0 Å². The predicted octanol–water partition coefficient (Wildman–Crippen LogP) is 3.89. The van der Waals surface area contributed by atoms with Crippen molar-refractivity contribution in [2.45, 2.75) is 13.1 Å². The quantitative estimate of drug-likeness (QED) is 0.582. The summed E-state index contributed by atoms with van der Waals surface area (Å²) in [5.41, 5.74) is 2.43. The van der Waals surface area contributed by atoms with Crippen molar-refractivity contribution in [3.8, 4) is 0 Å². The van der Waals surface area contributed by atoms with Gasteiger partial charge in [0.2, 0.25) is 0 Å². The van der Waals surface area contributed by atoms with Gasteiger partial charge in [-0.15, -0.1) is 0 Å². The molecule has 0 saturated heterocycles. The van der Waals surface area contributed by atoms with Gasteiger partial charge in [-0.1, -0.05) is 18.2 Å². The highest BCUT2D eigenvalue weighted by Gasteiger charge is 2.19. The average Bonchev–Trinajstić information content (AvgIpc) is 3.27. The van der Waals surface area contributed by atoms with E-state index in [9.17, 15) is 13.6 Å². The van der Waals surface area contributed by atoms with Gasteiger partial charge in [0.05, 0.1) is 18.3 Å². The Balaban J connectivity index is 1.65. The molecule has 0 aliphatic rings. The molecule has 3 heterocycles. The van der Waals surface area contributed by atoms with Crippen LogP contribution in [0, 0.1) is 11.6 Å². The van der Waals surface area contributed by atoms with Gasteiger partial charge in [0.25, 0.3) is 5.91 Å². The summed E-state index contributed by atoms with van der Waals surface area (Å²) in [6.45, 7) is 0.301. The minimum absolute atomic E-state index is 0.00225. The van der Waals surface area contributed by atoms with Gasteiger partial charge in [0.15, 0.2) is 17.2 Å². The Kier molecular flexibility index (Phi) is 4.42. The molecule has 27 heavy (non-hydrogen) atoms. The number of rotatable bonds is 5. The molecule has 4 rings (SSSR count). The number of hydrogen-bond acceptors (Lipinski definition) is 3. The number of carbonyl (C=O) groups is 1. The average molecular weight is 367 g/mol. The summed E-state index contributed by atoms with van der Waals surface area (Å²) in [6.07, 6.45) is 4.80. The third-order valence-electron chi connectivity index (χ3n) is 4.29. The summed E-state index contributed by atoms with van der Waals surface area (Å²) in [5, 5.41) is 2.81. The van der Waals surface area contributed by atoms with Crippen molar-refractivity contribution >= 4 is 17.0 Å². The maximum atomic E-state index is 14.1. The topological polar surface area (TPSA) is 60.1 Å². The number of amides is 1. The molecule has 4 aromatic rings. The van der Waals surface area contributed by atoms with Crippen LogP contribution >= 0.6 is 0 Å². The van der Waals surface area contributed by atoms with E-state index in [1.165, 1.54) is 18.4 Å². The van der Waals surface area contributed by atoms with Gasteiger partial charge in [-0.2, -0.15) is 0 Å². The summed E-state index contributed by atoms with van der Waals surface area (Å²) in [4.78, 5) is 16.7. The molecule has 0 aliphatic carbocycles. The lowest BCUT2D eigenvalue weighted by Crippen LogP contribution is -2.25. The van der Waals surface area contributed by atoms with Crippen molar-refractivity contribution in [1.29, 1.82) is 0 Å². The zero-order valence-corrected chi connectivity index (χ0v) is 14.2. The Morgan fingerprint density at radius 2 is 2.07 bits per heavy atom. The van der Waals surface area contributed by atoms with Crippen LogP contribution in [-0.2, 0) is 13.1 Å². The molecule has 0 radical (unpaired) electrons. The number of aromatic nitrogens is 2. The maximum Gasteiger partial charge on any atom is 0.268 e. The second kappa shape index (κ2) is 7.03. The Morgan fingerprint density at radius 1 is 1.19 bits per heavy atom. The molecule has 0 fully saturated rings. The maximum absolute atomic E-state index is 14.1. The minimum atomic E-state index is -0.926. The molecular formula is C20H15F2N3O2. The summed E-state index contributed by atoms with van der Waals surface area (Å²) in [5.74, 6) is -2.20. The van der Waals surface area contributed by atoms with Gasteiger partial charge in [0, 0.05) is 36.6 Å². The van der Waals surface area contributed by atoms with E-state index in [2.05, 4.69) is 10.3 Å². The number of halogens is 2.